The van der Waals surface area contributed by atoms with E-state index in [4.69, 9.17) is 12.6 Å². The molecule has 0 aliphatic carbocycles. The lowest BCUT2D eigenvalue weighted by atomic mass is 9.97. The summed E-state index contributed by atoms with van der Waals surface area (Å²) >= 11 is 6.26. The fourth-order valence-electron chi connectivity index (χ4n) is 3.94. The van der Waals surface area contributed by atoms with Gasteiger partial charge in [-0.2, -0.15) is 24.4 Å². The smallest absolute Gasteiger partial charge is 0.326 e. The fraction of sp³-hybridized carbons (Fsp3) is 0.417. The van der Waals surface area contributed by atoms with Crippen LogP contribution in [0, 0.1) is 0 Å². The molecule has 1 heterocycles. The van der Waals surface area contributed by atoms with E-state index in [9.17, 15) is 14.7 Å². The molecule has 3 atom stereocenters. The third-order valence-electron chi connectivity index (χ3n) is 5.77. The van der Waals surface area contributed by atoms with Gasteiger partial charge in [-0.05, 0) is 67.1 Å². The number of anilines is 1. The van der Waals surface area contributed by atoms with Gasteiger partial charge in [0.15, 0.2) is 0 Å². The predicted molar refractivity (Wildman–Crippen MR) is 135 cm³/mol. The number of hydrogen-bond acceptors (Lipinski definition) is 6. The van der Waals surface area contributed by atoms with Gasteiger partial charge in [-0.1, -0.05) is 30.3 Å². The van der Waals surface area contributed by atoms with Crippen LogP contribution in [0.15, 0.2) is 48.5 Å². The number of carbonyl (C=O) groups excluding carboxylic acids is 1. The summed E-state index contributed by atoms with van der Waals surface area (Å²) in [6, 6.07) is 14.8. The number of carbonyl (C=O) groups is 2. The average Bonchev–Trinajstić information content (AvgIpc) is 3.22. The first-order chi connectivity index (χ1) is 15.4. The molecule has 32 heavy (non-hydrogen) atoms. The van der Waals surface area contributed by atoms with Gasteiger partial charge >= 0.3 is 5.97 Å². The van der Waals surface area contributed by atoms with E-state index in [2.05, 4.69) is 15.5 Å². The van der Waals surface area contributed by atoms with E-state index in [0.29, 0.717) is 24.2 Å². The molecular formula is C24H31N3O3S2. The molecule has 2 aromatic rings. The lowest BCUT2D eigenvalue weighted by Crippen LogP contribution is -2.44. The Kier molecular flexibility index (Phi) is 8.90. The van der Waals surface area contributed by atoms with Gasteiger partial charge in [0, 0.05) is 23.5 Å². The van der Waals surface area contributed by atoms with Gasteiger partial charge in [-0.25, -0.2) is 4.79 Å². The molecule has 172 valence electrons. The van der Waals surface area contributed by atoms with Crippen molar-refractivity contribution in [1.82, 2.24) is 10.6 Å². The molecule has 3 rings (SSSR count). The van der Waals surface area contributed by atoms with Crippen LogP contribution in [-0.4, -0.2) is 60.0 Å². The van der Waals surface area contributed by atoms with Gasteiger partial charge in [-0.3, -0.25) is 10.1 Å². The number of aliphatic carboxylic acids is 1. The van der Waals surface area contributed by atoms with Gasteiger partial charge in [0.2, 0.25) is 0 Å². The first-order valence-corrected chi connectivity index (χ1v) is 12.7. The molecule has 0 radical (unpaired) electrons. The average molecular weight is 474 g/mol. The van der Waals surface area contributed by atoms with Crippen LogP contribution in [0.2, 0.25) is 0 Å². The van der Waals surface area contributed by atoms with Crippen molar-refractivity contribution in [2.75, 3.05) is 30.5 Å². The molecule has 3 N–H and O–H groups in total. The lowest BCUT2D eigenvalue weighted by Gasteiger charge is -2.30. The summed E-state index contributed by atoms with van der Waals surface area (Å²) in [6.07, 6.45) is 4.00. The zero-order chi connectivity index (χ0) is 23.1. The molecule has 0 spiro atoms. The van der Waals surface area contributed by atoms with Gasteiger partial charge in [0.1, 0.15) is 6.04 Å². The third-order valence-corrected chi connectivity index (χ3v) is 6.95. The predicted octanol–water partition coefficient (Wildman–Crippen LogP) is 3.27. The molecular weight excluding hydrogens is 442 g/mol. The van der Waals surface area contributed by atoms with Crippen molar-refractivity contribution < 1.29 is 14.7 Å². The monoisotopic (exact) mass is 473 g/mol. The van der Waals surface area contributed by atoms with Crippen molar-refractivity contribution in [1.29, 1.82) is 0 Å². The molecule has 1 fully saturated rings. The molecule has 0 aromatic heterocycles. The number of amides is 1. The van der Waals surface area contributed by atoms with E-state index < -0.39 is 12.0 Å². The highest BCUT2D eigenvalue weighted by atomic mass is 32.2. The minimum atomic E-state index is -1.01. The zero-order valence-corrected chi connectivity index (χ0v) is 20.2. The highest BCUT2D eigenvalue weighted by Crippen LogP contribution is 2.26. The number of thioether (sulfide) groups is 1. The number of benzene rings is 2. The van der Waals surface area contributed by atoms with Crippen molar-refractivity contribution in [3.05, 3.63) is 65.2 Å². The van der Waals surface area contributed by atoms with Crippen LogP contribution in [0.3, 0.4) is 0 Å². The van der Waals surface area contributed by atoms with Gasteiger partial charge in [0.05, 0.1) is 6.17 Å². The molecule has 1 saturated heterocycles. The molecule has 8 heteroatoms. The minimum absolute atomic E-state index is 0.116. The maximum atomic E-state index is 13.1. The highest BCUT2D eigenvalue weighted by molar-refractivity contribution is 7.98. The number of carboxylic acids is 1. The van der Waals surface area contributed by atoms with Crippen LogP contribution < -0.4 is 15.5 Å². The van der Waals surface area contributed by atoms with Crippen molar-refractivity contribution in [2.45, 2.75) is 36.7 Å². The summed E-state index contributed by atoms with van der Waals surface area (Å²) < 4.78 is 0. The van der Waals surface area contributed by atoms with Gasteiger partial charge < -0.3 is 15.3 Å². The largest absolute Gasteiger partial charge is 0.480 e. The number of thiol groups is 1. The maximum absolute atomic E-state index is 13.1. The number of nitrogens with one attached hydrogen (secondary N) is 2. The number of nitrogens with zero attached hydrogens (tertiary/aromatic N) is 1. The first-order valence-electron chi connectivity index (χ1n) is 10.7. The van der Waals surface area contributed by atoms with Crippen LogP contribution in [0.1, 0.15) is 34.3 Å². The second kappa shape index (κ2) is 11.6. The van der Waals surface area contributed by atoms with E-state index in [0.717, 1.165) is 29.8 Å². The Morgan fingerprint density at radius 3 is 2.66 bits per heavy atom. The number of rotatable bonds is 10. The maximum Gasteiger partial charge on any atom is 0.326 e. The van der Waals surface area contributed by atoms with Gasteiger partial charge in [-0.15, -0.1) is 0 Å². The Hall–Kier alpha value is -2.16. The van der Waals surface area contributed by atoms with Crippen molar-refractivity contribution in [3.8, 4) is 0 Å². The first kappa shape index (κ1) is 24.5. The Bertz CT molecular complexity index is 926. The third kappa shape index (κ3) is 6.21. The van der Waals surface area contributed by atoms with Crippen molar-refractivity contribution >= 4 is 42.0 Å². The molecule has 0 bridgehead atoms. The summed E-state index contributed by atoms with van der Waals surface area (Å²) in [5.74, 6) is -0.706. The quantitative estimate of drug-likeness (QED) is 0.397. The molecule has 1 amide bonds. The second-order valence-corrected chi connectivity index (χ2v) is 9.66. The Morgan fingerprint density at radius 2 is 2.03 bits per heavy atom. The van der Waals surface area contributed by atoms with Crippen LogP contribution in [0.25, 0.3) is 0 Å². The summed E-state index contributed by atoms with van der Waals surface area (Å²) in [4.78, 5) is 26.9. The normalized spacial score (nSPS) is 18.8. The van der Waals surface area contributed by atoms with Crippen LogP contribution in [-0.2, 0) is 11.2 Å². The molecule has 0 saturated carbocycles. The Labute approximate surface area is 199 Å². The number of hydrogen-bond donors (Lipinski definition) is 4. The standard InChI is InChI=1S/C24H31N3O3S2/c1-27(22-21(31)10-12-25-22)18-8-9-19(17(15-18)14-16-6-4-3-5-7-16)23(28)26-20(24(29)30)11-13-32-2/h3-9,15,20-22,25,31H,10-14H2,1-2H3,(H,26,28)(H,29,30)/t20-,21?,22?/m0/s1. The SMILES string of the molecule is CSCC[C@H](NC(=O)c1ccc(N(C)C2NCCC2S)cc1Cc1ccccc1)C(=O)O. The van der Waals surface area contributed by atoms with Crippen LogP contribution >= 0.6 is 24.4 Å². The van der Waals surface area contributed by atoms with Crippen molar-refractivity contribution in [2.24, 2.45) is 0 Å². The summed E-state index contributed by atoms with van der Waals surface area (Å²) in [6.45, 7) is 0.924. The molecule has 1 aliphatic rings. The lowest BCUT2D eigenvalue weighted by molar-refractivity contribution is -0.139. The zero-order valence-electron chi connectivity index (χ0n) is 18.5. The molecule has 2 aromatic carbocycles. The molecule has 6 nitrogen and oxygen atoms in total. The van der Waals surface area contributed by atoms with Crippen molar-refractivity contribution in [3.63, 3.8) is 0 Å². The highest BCUT2D eigenvalue weighted by Gasteiger charge is 2.28. The second-order valence-electron chi connectivity index (χ2n) is 8.02. The molecule has 1 aliphatic heterocycles. The Balaban J connectivity index is 1.89. The summed E-state index contributed by atoms with van der Waals surface area (Å²) in [7, 11) is 2.02. The van der Waals surface area contributed by atoms with Gasteiger partial charge in [0.25, 0.3) is 5.91 Å². The van der Waals surface area contributed by atoms with Crippen LogP contribution in [0.4, 0.5) is 5.69 Å². The van der Waals surface area contributed by atoms with E-state index in [-0.39, 0.29) is 17.3 Å². The van der Waals surface area contributed by atoms with Crippen LogP contribution in [0.5, 0.6) is 0 Å². The summed E-state index contributed by atoms with van der Waals surface area (Å²) in [5.41, 5.74) is 3.44. The number of carboxylic acid groups (broad SMARTS) is 1. The Morgan fingerprint density at radius 1 is 1.28 bits per heavy atom. The van der Waals surface area contributed by atoms with E-state index in [1.807, 2.05) is 55.8 Å². The topological polar surface area (TPSA) is 81.7 Å². The summed E-state index contributed by atoms with van der Waals surface area (Å²) in [5, 5.41) is 15.9. The van der Waals surface area contributed by atoms with E-state index in [1.54, 1.807) is 17.8 Å². The minimum Gasteiger partial charge on any atom is -0.480 e. The fourth-order valence-corrected chi connectivity index (χ4v) is 4.85. The van der Waals surface area contributed by atoms with E-state index in [1.165, 1.54) is 0 Å². The molecule has 2 unspecified atom stereocenters. The van der Waals surface area contributed by atoms with E-state index >= 15 is 0 Å².